The molecule has 1 aromatic carbocycles. The Hall–Kier alpha value is -1.36. The molecule has 0 unspecified atom stereocenters. The molecule has 0 aromatic heterocycles. The Bertz CT molecular complexity index is 268. The maximum atomic E-state index is 12.3. The van der Waals surface area contributed by atoms with Crippen LogP contribution in [-0.4, -0.2) is 11.3 Å². The summed E-state index contributed by atoms with van der Waals surface area (Å²) in [4.78, 5) is 0. The zero-order valence-corrected chi connectivity index (χ0v) is 6.92. The molecule has 0 atom stereocenters. The van der Waals surface area contributed by atoms with Gasteiger partial charge in [-0.1, -0.05) is 0 Å². The molecule has 1 aromatic rings. The summed E-state index contributed by atoms with van der Waals surface area (Å²) in [6.07, 6.45) is -3.19. The third-order valence-electron chi connectivity index (χ3n) is 1.28. The highest BCUT2D eigenvalue weighted by molar-refractivity contribution is 5.44. The SMILES string of the molecule is CC(F)(F)Oc1ccc(NO)cc1. The highest BCUT2D eigenvalue weighted by atomic mass is 19.3. The molecular formula is C8H9F2NO2. The van der Waals surface area contributed by atoms with Gasteiger partial charge in [0.15, 0.2) is 0 Å². The number of hydrogen-bond donors (Lipinski definition) is 2. The van der Waals surface area contributed by atoms with Crippen molar-refractivity contribution in [2.24, 2.45) is 0 Å². The van der Waals surface area contributed by atoms with Gasteiger partial charge in [0.2, 0.25) is 0 Å². The van der Waals surface area contributed by atoms with E-state index >= 15 is 0 Å². The van der Waals surface area contributed by atoms with Gasteiger partial charge in [0, 0.05) is 6.92 Å². The fraction of sp³-hybridized carbons (Fsp3) is 0.250. The quantitative estimate of drug-likeness (QED) is 0.717. The van der Waals surface area contributed by atoms with Crippen molar-refractivity contribution in [2.45, 2.75) is 13.0 Å². The maximum Gasteiger partial charge on any atom is 0.394 e. The topological polar surface area (TPSA) is 41.5 Å². The first-order chi connectivity index (χ1) is 6.01. The van der Waals surface area contributed by atoms with E-state index in [0.29, 0.717) is 12.6 Å². The Balaban J connectivity index is 2.70. The molecule has 3 nitrogen and oxygen atoms in total. The monoisotopic (exact) mass is 189 g/mol. The summed E-state index contributed by atoms with van der Waals surface area (Å²) in [6.45, 7) is 0.658. The Kier molecular flexibility index (Phi) is 2.67. The third kappa shape index (κ3) is 3.25. The third-order valence-corrected chi connectivity index (χ3v) is 1.28. The Morgan fingerprint density at radius 3 is 2.23 bits per heavy atom. The van der Waals surface area contributed by atoms with Crippen molar-refractivity contribution >= 4 is 5.69 Å². The average Bonchev–Trinajstić information content (AvgIpc) is 2.03. The van der Waals surface area contributed by atoms with Crippen molar-refractivity contribution < 1.29 is 18.7 Å². The molecule has 0 amide bonds. The predicted octanol–water partition coefficient (Wildman–Crippen LogP) is 2.48. The summed E-state index contributed by atoms with van der Waals surface area (Å²) in [6, 6.07) is 5.49. The molecule has 0 fully saturated rings. The predicted molar refractivity (Wildman–Crippen MR) is 43.1 cm³/mol. The van der Waals surface area contributed by atoms with Crippen LogP contribution in [0, 0.1) is 0 Å². The minimum Gasteiger partial charge on any atom is -0.433 e. The Morgan fingerprint density at radius 1 is 1.31 bits per heavy atom. The van der Waals surface area contributed by atoms with Crippen LogP contribution in [0.1, 0.15) is 6.92 Å². The lowest BCUT2D eigenvalue weighted by Gasteiger charge is -2.12. The molecule has 0 aliphatic rings. The minimum atomic E-state index is -3.19. The van der Waals surface area contributed by atoms with E-state index in [1.165, 1.54) is 24.3 Å². The summed E-state index contributed by atoms with van der Waals surface area (Å²) in [5, 5.41) is 8.42. The second-order valence-corrected chi connectivity index (χ2v) is 2.55. The lowest BCUT2D eigenvalue weighted by molar-refractivity contribution is -0.158. The zero-order valence-electron chi connectivity index (χ0n) is 6.92. The fourth-order valence-corrected chi connectivity index (χ4v) is 0.804. The number of alkyl halides is 2. The van der Waals surface area contributed by atoms with E-state index in [-0.39, 0.29) is 5.75 Å². The van der Waals surface area contributed by atoms with E-state index in [4.69, 9.17) is 5.21 Å². The van der Waals surface area contributed by atoms with E-state index in [2.05, 4.69) is 4.74 Å². The Morgan fingerprint density at radius 2 is 1.85 bits per heavy atom. The van der Waals surface area contributed by atoms with E-state index in [0.717, 1.165) is 0 Å². The minimum absolute atomic E-state index is 0.0477. The van der Waals surface area contributed by atoms with Crippen LogP contribution in [0.2, 0.25) is 0 Å². The molecule has 0 radical (unpaired) electrons. The molecule has 2 N–H and O–H groups in total. The van der Waals surface area contributed by atoms with Gasteiger partial charge in [-0.05, 0) is 24.3 Å². The van der Waals surface area contributed by atoms with Crippen LogP contribution in [0.5, 0.6) is 5.75 Å². The fourth-order valence-electron chi connectivity index (χ4n) is 0.804. The van der Waals surface area contributed by atoms with E-state index in [1.54, 1.807) is 0 Å². The van der Waals surface area contributed by atoms with Crippen LogP contribution >= 0.6 is 0 Å². The largest absolute Gasteiger partial charge is 0.433 e. The molecule has 0 spiro atoms. The van der Waals surface area contributed by atoms with Crippen LogP contribution in [0.4, 0.5) is 14.5 Å². The molecule has 0 bridgehead atoms. The van der Waals surface area contributed by atoms with Gasteiger partial charge in [-0.25, -0.2) is 0 Å². The van der Waals surface area contributed by atoms with Crippen molar-refractivity contribution in [3.05, 3.63) is 24.3 Å². The molecule has 0 saturated heterocycles. The summed E-state index contributed by atoms with van der Waals surface area (Å²) in [7, 11) is 0. The lowest BCUT2D eigenvalue weighted by Crippen LogP contribution is -2.18. The summed E-state index contributed by atoms with van der Waals surface area (Å²) >= 11 is 0. The summed E-state index contributed by atoms with van der Waals surface area (Å²) in [5.41, 5.74) is 2.28. The van der Waals surface area contributed by atoms with Gasteiger partial charge < -0.3 is 4.74 Å². The van der Waals surface area contributed by atoms with Gasteiger partial charge in [0.1, 0.15) is 5.75 Å². The standard InChI is InChI=1S/C8H9F2NO2/c1-8(9,10)13-7-4-2-6(11-12)3-5-7/h2-5,11-12H,1H3. The average molecular weight is 189 g/mol. The number of anilines is 1. The molecule has 1 rings (SSSR count). The molecule has 0 heterocycles. The molecule has 0 aliphatic heterocycles. The molecule has 13 heavy (non-hydrogen) atoms. The van der Waals surface area contributed by atoms with Crippen LogP contribution in [0.15, 0.2) is 24.3 Å². The highest BCUT2D eigenvalue weighted by Crippen LogP contribution is 2.22. The lowest BCUT2D eigenvalue weighted by atomic mass is 10.3. The number of hydrogen-bond acceptors (Lipinski definition) is 3. The smallest absolute Gasteiger partial charge is 0.394 e. The van der Waals surface area contributed by atoms with Crippen LogP contribution in [-0.2, 0) is 0 Å². The molecule has 0 aliphatic carbocycles. The first-order valence-corrected chi connectivity index (χ1v) is 3.58. The molecule has 0 saturated carbocycles. The van der Waals surface area contributed by atoms with Gasteiger partial charge in [-0.3, -0.25) is 10.7 Å². The number of benzene rings is 1. The van der Waals surface area contributed by atoms with E-state index < -0.39 is 6.11 Å². The van der Waals surface area contributed by atoms with Gasteiger partial charge in [-0.15, -0.1) is 0 Å². The van der Waals surface area contributed by atoms with Crippen molar-refractivity contribution in [3.8, 4) is 5.75 Å². The van der Waals surface area contributed by atoms with Crippen molar-refractivity contribution in [1.82, 2.24) is 0 Å². The second-order valence-electron chi connectivity index (χ2n) is 2.55. The molecule has 72 valence electrons. The number of halogens is 2. The van der Waals surface area contributed by atoms with Gasteiger partial charge in [0.25, 0.3) is 0 Å². The van der Waals surface area contributed by atoms with Crippen molar-refractivity contribution in [2.75, 3.05) is 5.48 Å². The van der Waals surface area contributed by atoms with Gasteiger partial charge in [0.05, 0.1) is 5.69 Å². The van der Waals surface area contributed by atoms with Gasteiger partial charge >= 0.3 is 6.11 Å². The maximum absolute atomic E-state index is 12.3. The number of ether oxygens (including phenoxy) is 1. The van der Waals surface area contributed by atoms with Crippen LogP contribution < -0.4 is 10.2 Å². The van der Waals surface area contributed by atoms with E-state index in [1.807, 2.05) is 5.48 Å². The normalized spacial score (nSPS) is 11.1. The second kappa shape index (κ2) is 3.57. The Labute approximate surface area is 73.9 Å². The van der Waals surface area contributed by atoms with Crippen LogP contribution in [0.3, 0.4) is 0 Å². The first kappa shape index (κ1) is 9.73. The molecular weight excluding hydrogens is 180 g/mol. The summed E-state index contributed by atoms with van der Waals surface area (Å²) < 4.78 is 28.9. The van der Waals surface area contributed by atoms with Crippen molar-refractivity contribution in [3.63, 3.8) is 0 Å². The highest BCUT2D eigenvalue weighted by Gasteiger charge is 2.22. The van der Waals surface area contributed by atoms with Crippen LogP contribution in [0.25, 0.3) is 0 Å². The summed E-state index contributed by atoms with van der Waals surface area (Å²) in [5.74, 6) is 0.0477. The first-order valence-electron chi connectivity index (χ1n) is 3.58. The van der Waals surface area contributed by atoms with Crippen molar-refractivity contribution in [1.29, 1.82) is 0 Å². The number of rotatable bonds is 3. The number of nitrogens with one attached hydrogen (secondary N) is 1. The molecule has 5 heteroatoms. The van der Waals surface area contributed by atoms with Gasteiger partial charge in [-0.2, -0.15) is 8.78 Å². The zero-order chi connectivity index (χ0) is 9.90. The van der Waals surface area contributed by atoms with E-state index in [9.17, 15) is 8.78 Å².